The van der Waals surface area contributed by atoms with Crippen LogP contribution in [0, 0.1) is 0 Å². The predicted octanol–water partition coefficient (Wildman–Crippen LogP) is 0.164. The second kappa shape index (κ2) is 7.56. The lowest BCUT2D eigenvalue weighted by atomic mass is 10.2. The fourth-order valence-electron chi connectivity index (χ4n) is 2.33. The maximum Gasteiger partial charge on any atom is 0.168 e. The van der Waals surface area contributed by atoms with Crippen molar-refractivity contribution >= 4 is 5.84 Å². The molecule has 0 aliphatic carbocycles. The summed E-state index contributed by atoms with van der Waals surface area (Å²) in [5.74, 6) is 0.126. The summed E-state index contributed by atoms with van der Waals surface area (Å²) in [6, 6.07) is 0.628. The Morgan fingerprint density at radius 1 is 1.61 bits per heavy atom. The summed E-state index contributed by atoms with van der Waals surface area (Å²) in [5.41, 5.74) is 5.46. The first-order valence-electron chi connectivity index (χ1n) is 6.52. The Labute approximate surface area is 109 Å². The van der Waals surface area contributed by atoms with Crippen LogP contribution in [-0.2, 0) is 4.74 Å². The van der Waals surface area contributed by atoms with Crippen LogP contribution in [0.25, 0.3) is 0 Å². The zero-order valence-corrected chi connectivity index (χ0v) is 11.7. The molecule has 0 aromatic rings. The molecule has 6 heteroatoms. The second-order valence-corrected chi connectivity index (χ2v) is 5.13. The van der Waals surface area contributed by atoms with Crippen LogP contribution in [0.3, 0.4) is 0 Å². The minimum atomic E-state index is -0.329. The summed E-state index contributed by atoms with van der Waals surface area (Å²) in [6.07, 6.45) is 2.19. The SMILES string of the molecule is CC(OCCN1CCCC1CN(C)C)C(N)=NO. The van der Waals surface area contributed by atoms with Crippen molar-refractivity contribution in [2.75, 3.05) is 40.3 Å². The Hall–Kier alpha value is -0.850. The first-order chi connectivity index (χ1) is 8.54. The van der Waals surface area contributed by atoms with Crippen LogP contribution in [0.1, 0.15) is 19.8 Å². The molecule has 1 fully saturated rings. The zero-order valence-electron chi connectivity index (χ0n) is 11.7. The van der Waals surface area contributed by atoms with Gasteiger partial charge in [-0.05, 0) is 40.4 Å². The number of likely N-dealkylation sites (N-methyl/N-ethyl adjacent to an activating group) is 1. The number of hydrogen-bond acceptors (Lipinski definition) is 5. The Kier molecular flexibility index (Phi) is 6.38. The van der Waals surface area contributed by atoms with Gasteiger partial charge in [0.2, 0.25) is 0 Å². The summed E-state index contributed by atoms with van der Waals surface area (Å²) in [7, 11) is 4.21. The summed E-state index contributed by atoms with van der Waals surface area (Å²) < 4.78 is 5.54. The van der Waals surface area contributed by atoms with E-state index in [1.165, 1.54) is 12.8 Å². The molecule has 0 aromatic carbocycles. The van der Waals surface area contributed by atoms with E-state index < -0.39 is 0 Å². The molecule has 1 aliphatic heterocycles. The normalized spacial score (nSPS) is 23.8. The third-order valence-electron chi connectivity index (χ3n) is 3.35. The minimum Gasteiger partial charge on any atom is -0.409 e. The molecule has 2 atom stereocenters. The van der Waals surface area contributed by atoms with E-state index in [2.05, 4.69) is 29.1 Å². The van der Waals surface area contributed by atoms with E-state index in [1.54, 1.807) is 6.92 Å². The van der Waals surface area contributed by atoms with Crippen LogP contribution in [-0.4, -0.2) is 73.3 Å². The largest absolute Gasteiger partial charge is 0.409 e. The van der Waals surface area contributed by atoms with Gasteiger partial charge in [-0.15, -0.1) is 0 Å². The number of rotatable bonds is 7. The Balaban J connectivity index is 2.26. The molecule has 0 bridgehead atoms. The molecule has 2 unspecified atom stereocenters. The van der Waals surface area contributed by atoms with Gasteiger partial charge in [-0.3, -0.25) is 4.90 Å². The fourth-order valence-corrected chi connectivity index (χ4v) is 2.33. The number of hydrogen-bond donors (Lipinski definition) is 2. The van der Waals surface area contributed by atoms with E-state index in [-0.39, 0.29) is 11.9 Å². The highest BCUT2D eigenvalue weighted by Gasteiger charge is 2.24. The number of amidine groups is 1. The lowest BCUT2D eigenvalue weighted by molar-refractivity contribution is 0.0747. The Morgan fingerprint density at radius 3 is 2.94 bits per heavy atom. The molecular weight excluding hydrogens is 232 g/mol. The number of ether oxygens (including phenoxy) is 1. The number of oxime groups is 1. The summed E-state index contributed by atoms with van der Waals surface area (Å²) >= 11 is 0. The summed E-state index contributed by atoms with van der Waals surface area (Å²) in [6.45, 7) is 5.54. The third kappa shape index (κ3) is 4.80. The molecule has 1 heterocycles. The van der Waals surface area contributed by atoms with E-state index in [9.17, 15) is 0 Å². The van der Waals surface area contributed by atoms with E-state index in [4.69, 9.17) is 15.7 Å². The lowest BCUT2D eigenvalue weighted by Crippen LogP contribution is -2.40. The molecule has 0 amide bonds. The molecule has 3 N–H and O–H groups in total. The van der Waals surface area contributed by atoms with Crippen molar-refractivity contribution in [3.63, 3.8) is 0 Å². The van der Waals surface area contributed by atoms with Gasteiger partial charge in [0.1, 0.15) is 6.10 Å². The van der Waals surface area contributed by atoms with Crippen molar-refractivity contribution in [2.45, 2.75) is 31.9 Å². The minimum absolute atomic E-state index is 0.126. The fraction of sp³-hybridized carbons (Fsp3) is 0.917. The van der Waals surface area contributed by atoms with Crippen molar-refractivity contribution in [2.24, 2.45) is 10.9 Å². The highest BCUT2D eigenvalue weighted by atomic mass is 16.5. The smallest absolute Gasteiger partial charge is 0.168 e. The maximum absolute atomic E-state index is 8.52. The molecule has 0 spiro atoms. The Bertz CT molecular complexity index is 271. The van der Waals surface area contributed by atoms with Crippen molar-refractivity contribution in [1.82, 2.24) is 9.80 Å². The van der Waals surface area contributed by atoms with Crippen LogP contribution in [0.15, 0.2) is 5.16 Å². The molecule has 0 saturated carbocycles. The molecule has 1 saturated heterocycles. The van der Waals surface area contributed by atoms with Crippen molar-refractivity contribution in [3.8, 4) is 0 Å². The van der Waals surface area contributed by atoms with Gasteiger partial charge < -0.3 is 20.6 Å². The second-order valence-electron chi connectivity index (χ2n) is 5.13. The first-order valence-corrected chi connectivity index (χ1v) is 6.52. The Morgan fingerprint density at radius 2 is 2.33 bits per heavy atom. The van der Waals surface area contributed by atoms with E-state index in [1.807, 2.05) is 0 Å². The van der Waals surface area contributed by atoms with Gasteiger partial charge >= 0.3 is 0 Å². The quantitative estimate of drug-likeness (QED) is 0.294. The number of nitrogens with two attached hydrogens (primary N) is 1. The zero-order chi connectivity index (χ0) is 13.5. The standard InChI is InChI=1S/C12H26N4O2/c1-10(12(13)14-17)18-8-7-16-6-4-5-11(16)9-15(2)3/h10-11,17H,4-9H2,1-3H3,(H2,13,14). The van der Waals surface area contributed by atoms with Crippen molar-refractivity contribution < 1.29 is 9.94 Å². The van der Waals surface area contributed by atoms with Gasteiger partial charge in [0, 0.05) is 19.1 Å². The molecule has 1 aliphatic rings. The van der Waals surface area contributed by atoms with Crippen molar-refractivity contribution in [3.05, 3.63) is 0 Å². The van der Waals surface area contributed by atoms with Gasteiger partial charge in [0.25, 0.3) is 0 Å². The van der Waals surface area contributed by atoms with Gasteiger partial charge in [0.05, 0.1) is 6.61 Å². The van der Waals surface area contributed by atoms with Gasteiger partial charge in [-0.25, -0.2) is 0 Å². The average Bonchev–Trinajstić information content (AvgIpc) is 2.74. The van der Waals surface area contributed by atoms with Crippen LogP contribution in [0.2, 0.25) is 0 Å². The van der Waals surface area contributed by atoms with Gasteiger partial charge in [-0.1, -0.05) is 5.16 Å². The summed E-state index contributed by atoms with van der Waals surface area (Å²) in [4.78, 5) is 4.68. The van der Waals surface area contributed by atoms with E-state index >= 15 is 0 Å². The predicted molar refractivity (Wildman–Crippen MR) is 72.0 cm³/mol. The van der Waals surface area contributed by atoms with Crippen molar-refractivity contribution in [1.29, 1.82) is 0 Å². The molecule has 0 aromatic heterocycles. The highest BCUT2D eigenvalue weighted by molar-refractivity contribution is 5.83. The topological polar surface area (TPSA) is 74.3 Å². The van der Waals surface area contributed by atoms with Gasteiger partial charge in [-0.2, -0.15) is 0 Å². The van der Waals surface area contributed by atoms with Crippen LogP contribution >= 0.6 is 0 Å². The molecule has 18 heavy (non-hydrogen) atoms. The van der Waals surface area contributed by atoms with Gasteiger partial charge in [0.15, 0.2) is 5.84 Å². The molecule has 6 nitrogen and oxygen atoms in total. The van der Waals surface area contributed by atoms with Crippen LogP contribution in [0.5, 0.6) is 0 Å². The average molecular weight is 258 g/mol. The number of nitrogens with zero attached hydrogens (tertiary/aromatic N) is 3. The summed E-state index contributed by atoms with van der Waals surface area (Å²) in [5, 5.41) is 11.5. The van der Waals surface area contributed by atoms with E-state index in [0.29, 0.717) is 12.6 Å². The first kappa shape index (κ1) is 15.2. The van der Waals surface area contributed by atoms with Crippen LogP contribution in [0.4, 0.5) is 0 Å². The molecule has 106 valence electrons. The monoisotopic (exact) mass is 258 g/mol. The molecule has 1 rings (SSSR count). The number of likely N-dealkylation sites (tertiary alicyclic amines) is 1. The molecular formula is C12H26N4O2. The molecule has 0 radical (unpaired) electrons. The van der Waals surface area contributed by atoms with Crippen LogP contribution < -0.4 is 5.73 Å². The maximum atomic E-state index is 8.52. The third-order valence-corrected chi connectivity index (χ3v) is 3.35. The lowest BCUT2D eigenvalue weighted by Gasteiger charge is -2.27. The highest BCUT2D eigenvalue weighted by Crippen LogP contribution is 2.17. The van der Waals surface area contributed by atoms with E-state index in [0.717, 1.165) is 19.6 Å².